The molecule has 1 unspecified atom stereocenters. The number of hydrogen-bond acceptors (Lipinski definition) is 2. The van der Waals surface area contributed by atoms with Gasteiger partial charge in [-0.25, -0.2) is 8.78 Å². The van der Waals surface area contributed by atoms with Crippen molar-refractivity contribution in [3.8, 4) is 0 Å². The smallest absolute Gasteiger partial charge is 0.131 e. The van der Waals surface area contributed by atoms with Crippen LogP contribution in [0.1, 0.15) is 23.6 Å². The Morgan fingerprint density at radius 3 is 2.76 bits per heavy atom. The molecule has 0 aliphatic carbocycles. The molecule has 3 rings (SSSR count). The first-order chi connectivity index (χ1) is 10.2. The number of benzene rings is 2. The zero-order valence-electron chi connectivity index (χ0n) is 11.9. The van der Waals surface area contributed by atoms with Crippen LogP contribution in [0, 0.1) is 11.6 Å². The minimum Gasteiger partial charge on any atom is -0.367 e. The first kappa shape index (κ1) is 14.0. The SMILES string of the molecule is CNC1CCN(Cc2ccc(F)cc2F)c2ccccc21. The first-order valence-corrected chi connectivity index (χ1v) is 7.14. The van der Waals surface area contributed by atoms with E-state index in [1.807, 2.05) is 19.2 Å². The fraction of sp³-hybridized carbons (Fsp3) is 0.294. The lowest BCUT2D eigenvalue weighted by Gasteiger charge is -2.35. The molecule has 0 saturated heterocycles. The molecule has 2 aromatic carbocycles. The molecule has 0 radical (unpaired) electrons. The van der Waals surface area contributed by atoms with Gasteiger partial charge in [0.2, 0.25) is 0 Å². The van der Waals surface area contributed by atoms with E-state index in [0.717, 1.165) is 24.7 Å². The molecule has 1 aliphatic rings. The average molecular weight is 288 g/mol. The van der Waals surface area contributed by atoms with Crippen LogP contribution in [0.5, 0.6) is 0 Å². The summed E-state index contributed by atoms with van der Waals surface area (Å²) in [5, 5.41) is 3.31. The van der Waals surface area contributed by atoms with Crippen LogP contribution in [0.15, 0.2) is 42.5 Å². The molecular weight excluding hydrogens is 270 g/mol. The Hall–Kier alpha value is -1.94. The minimum absolute atomic E-state index is 0.329. The third-order valence-electron chi connectivity index (χ3n) is 4.07. The second kappa shape index (κ2) is 5.82. The molecule has 1 aliphatic heterocycles. The van der Waals surface area contributed by atoms with E-state index in [2.05, 4.69) is 22.3 Å². The van der Waals surface area contributed by atoms with Gasteiger partial charge in [0.1, 0.15) is 11.6 Å². The Morgan fingerprint density at radius 2 is 2.00 bits per heavy atom. The summed E-state index contributed by atoms with van der Waals surface area (Å²) in [4.78, 5) is 2.15. The molecule has 0 spiro atoms. The second-order valence-corrected chi connectivity index (χ2v) is 5.35. The van der Waals surface area contributed by atoms with E-state index in [-0.39, 0.29) is 0 Å². The molecular formula is C17H18F2N2. The Labute approximate surface area is 123 Å². The molecule has 21 heavy (non-hydrogen) atoms. The van der Waals surface area contributed by atoms with E-state index >= 15 is 0 Å². The van der Waals surface area contributed by atoms with Crippen LogP contribution in [0.3, 0.4) is 0 Å². The Kier molecular flexibility index (Phi) is 3.88. The zero-order chi connectivity index (χ0) is 14.8. The molecule has 0 fully saturated rings. The van der Waals surface area contributed by atoms with Gasteiger partial charge < -0.3 is 10.2 Å². The van der Waals surface area contributed by atoms with Crippen LogP contribution in [-0.4, -0.2) is 13.6 Å². The molecule has 0 amide bonds. The minimum atomic E-state index is -0.537. The van der Waals surface area contributed by atoms with Crippen molar-refractivity contribution in [1.29, 1.82) is 0 Å². The second-order valence-electron chi connectivity index (χ2n) is 5.35. The fourth-order valence-corrected chi connectivity index (χ4v) is 2.95. The van der Waals surface area contributed by atoms with Crippen molar-refractivity contribution >= 4 is 5.69 Å². The number of rotatable bonds is 3. The monoisotopic (exact) mass is 288 g/mol. The molecule has 1 atom stereocenters. The third kappa shape index (κ3) is 2.76. The van der Waals surface area contributed by atoms with E-state index in [1.165, 1.54) is 17.7 Å². The Bertz CT molecular complexity index is 642. The zero-order valence-corrected chi connectivity index (χ0v) is 11.9. The highest BCUT2D eigenvalue weighted by Gasteiger charge is 2.24. The number of halogens is 2. The third-order valence-corrected chi connectivity index (χ3v) is 4.07. The molecule has 2 aromatic rings. The maximum absolute atomic E-state index is 13.8. The van der Waals surface area contributed by atoms with Crippen LogP contribution in [0.4, 0.5) is 14.5 Å². The summed E-state index contributed by atoms with van der Waals surface area (Å²) < 4.78 is 26.8. The summed E-state index contributed by atoms with van der Waals surface area (Å²) >= 11 is 0. The highest BCUT2D eigenvalue weighted by Crippen LogP contribution is 2.34. The highest BCUT2D eigenvalue weighted by atomic mass is 19.1. The normalized spacial score (nSPS) is 17.7. The van der Waals surface area contributed by atoms with Gasteiger partial charge in [0.25, 0.3) is 0 Å². The maximum Gasteiger partial charge on any atom is 0.131 e. The molecule has 0 bridgehead atoms. The van der Waals surface area contributed by atoms with Crippen LogP contribution < -0.4 is 10.2 Å². The quantitative estimate of drug-likeness (QED) is 0.927. The van der Waals surface area contributed by atoms with Crippen LogP contribution in [0.25, 0.3) is 0 Å². The van der Waals surface area contributed by atoms with Crippen molar-refractivity contribution < 1.29 is 8.78 Å². The van der Waals surface area contributed by atoms with Gasteiger partial charge in [0, 0.05) is 36.4 Å². The van der Waals surface area contributed by atoms with Gasteiger partial charge in [-0.3, -0.25) is 0 Å². The van der Waals surface area contributed by atoms with E-state index in [1.54, 1.807) is 0 Å². The summed E-state index contributed by atoms with van der Waals surface area (Å²) in [6.07, 6.45) is 0.969. The molecule has 1 N–H and O–H groups in total. The van der Waals surface area contributed by atoms with Crippen LogP contribution >= 0.6 is 0 Å². The van der Waals surface area contributed by atoms with E-state index in [9.17, 15) is 8.78 Å². The van der Waals surface area contributed by atoms with Crippen molar-refractivity contribution in [2.24, 2.45) is 0 Å². The Balaban J connectivity index is 1.90. The maximum atomic E-state index is 13.8. The molecule has 0 aromatic heterocycles. The van der Waals surface area contributed by atoms with Gasteiger partial charge >= 0.3 is 0 Å². The van der Waals surface area contributed by atoms with Crippen molar-refractivity contribution in [3.05, 3.63) is 65.2 Å². The van der Waals surface area contributed by atoms with Crippen molar-refractivity contribution in [3.63, 3.8) is 0 Å². The van der Waals surface area contributed by atoms with Gasteiger partial charge in [-0.2, -0.15) is 0 Å². The van der Waals surface area contributed by atoms with E-state index in [4.69, 9.17) is 0 Å². The number of anilines is 1. The number of para-hydroxylation sites is 1. The molecule has 0 saturated carbocycles. The lowest BCUT2D eigenvalue weighted by molar-refractivity contribution is 0.510. The lowest BCUT2D eigenvalue weighted by atomic mass is 9.96. The topological polar surface area (TPSA) is 15.3 Å². The van der Waals surface area contributed by atoms with Crippen LogP contribution in [-0.2, 0) is 6.54 Å². The van der Waals surface area contributed by atoms with Crippen molar-refractivity contribution in [2.75, 3.05) is 18.5 Å². The molecule has 1 heterocycles. The van der Waals surface area contributed by atoms with Gasteiger partial charge in [0.05, 0.1) is 0 Å². The predicted octanol–water partition coefficient (Wildman–Crippen LogP) is 3.64. The first-order valence-electron chi connectivity index (χ1n) is 7.14. The van der Waals surface area contributed by atoms with E-state index in [0.29, 0.717) is 18.2 Å². The molecule has 2 nitrogen and oxygen atoms in total. The number of fused-ring (bicyclic) bond motifs is 1. The largest absolute Gasteiger partial charge is 0.367 e. The standard InChI is InChI=1S/C17H18F2N2/c1-20-16-8-9-21(17-5-3-2-4-14(16)17)11-12-6-7-13(18)10-15(12)19/h2-7,10,16,20H,8-9,11H2,1H3. The van der Waals surface area contributed by atoms with Gasteiger partial charge in [-0.1, -0.05) is 24.3 Å². The summed E-state index contributed by atoms with van der Waals surface area (Å²) in [5.41, 5.74) is 2.87. The molecule has 4 heteroatoms. The summed E-state index contributed by atoms with van der Waals surface area (Å²) in [6.45, 7) is 1.30. The fourth-order valence-electron chi connectivity index (χ4n) is 2.95. The Morgan fingerprint density at radius 1 is 1.19 bits per heavy atom. The number of hydrogen-bond donors (Lipinski definition) is 1. The predicted molar refractivity (Wildman–Crippen MR) is 80.3 cm³/mol. The van der Waals surface area contributed by atoms with E-state index < -0.39 is 11.6 Å². The number of nitrogens with one attached hydrogen (secondary N) is 1. The van der Waals surface area contributed by atoms with Gasteiger partial charge in [-0.05, 0) is 31.2 Å². The molecule has 110 valence electrons. The highest BCUT2D eigenvalue weighted by molar-refractivity contribution is 5.57. The van der Waals surface area contributed by atoms with Crippen molar-refractivity contribution in [1.82, 2.24) is 5.32 Å². The lowest BCUT2D eigenvalue weighted by Crippen LogP contribution is -2.34. The van der Waals surface area contributed by atoms with Gasteiger partial charge in [0.15, 0.2) is 0 Å². The number of nitrogens with zero attached hydrogens (tertiary/aromatic N) is 1. The summed E-state index contributed by atoms with van der Waals surface area (Å²) in [7, 11) is 1.96. The summed E-state index contributed by atoms with van der Waals surface area (Å²) in [5.74, 6) is -1.02. The van der Waals surface area contributed by atoms with Crippen molar-refractivity contribution in [2.45, 2.75) is 19.0 Å². The average Bonchev–Trinajstić information content (AvgIpc) is 2.50. The van der Waals surface area contributed by atoms with Gasteiger partial charge in [-0.15, -0.1) is 0 Å². The summed E-state index contributed by atoms with van der Waals surface area (Å²) in [6, 6.07) is 12.3. The van der Waals surface area contributed by atoms with Crippen LogP contribution in [0.2, 0.25) is 0 Å².